The third-order valence-corrected chi connectivity index (χ3v) is 7.76. The van der Waals surface area contributed by atoms with E-state index in [0.717, 1.165) is 31.8 Å². The molecule has 5 heteroatoms. The van der Waals surface area contributed by atoms with Gasteiger partial charge in [-0.05, 0) is 88.1 Å². The lowest BCUT2D eigenvalue weighted by Gasteiger charge is -2.57. The first kappa shape index (κ1) is 21.1. The highest BCUT2D eigenvalue weighted by molar-refractivity contribution is 5.77. The van der Waals surface area contributed by atoms with Crippen molar-refractivity contribution in [2.45, 2.75) is 90.1 Å². The predicted molar refractivity (Wildman–Crippen MR) is 115 cm³/mol. The lowest BCUT2D eigenvalue weighted by molar-refractivity contribution is -0.147. The number of hydrogen-bond acceptors (Lipinski definition) is 3. The van der Waals surface area contributed by atoms with Crippen molar-refractivity contribution in [3.63, 3.8) is 0 Å². The minimum absolute atomic E-state index is 0.202. The summed E-state index contributed by atoms with van der Waals surface area (Å²) < 4.78 is 0. The summed E-state index contributed by atoms with van der Waals surface area (Å²) in [6.07, 6.45) is 10.8. The van der Waals surface area contributed by atoms with Gasteiger partial charge >= 0.3 is 0 Å². The van der Waals surface area contributed by atoms with E-state index < -0.39 is 0 Å². The van der Waals surface area contributed by atoms with E-state index in [1.54, 1.807) is 0 Å². The first-order valence-electron chi connectivity index (χ1n) is 12.3. The van der Waals surface area contributed by atoms with Crippen molar-refractivity contribution >= 4 is 11.8 Å². The van der Waals surface area contributed by atoms with Crippen molar-refractivity contribution in [1.29, 1.82) is 0 Å². The van der Waals surface area contributed by atoms with Gasteiger partial charge < -0.3 is 10.2 Å². The fourth-order valence-electron chi connectivity index (χ4n) is 6.26. The summed E-state index contributed by atoms with van der Waals surface area (Å²) in [5.41, 5.74) is 0. The second-order valence-corrected chi connectivity index (χ2v) is 10.6. The van der Waals surface area contributed by atoms with Crippen LogP contribution in [0.4, 0.5) is 0 Å². The molecule has 3 heterocycles. The van der Waals surface area contributed by atoms with Gasteiger partial charge in [0, 0.05) is 38.0 Å². The third kappa shape index (κ3) is 5.15. The molecule has 1 aliphatic carbocycles. The first-order chi connectivity index (χ1) is 14.0. The van der Waals surface area contributed by atoms with Gasteiger partial charge in [0.15, 0.2) is 0 Å². The van der Waals surface area contributed by atoms with Crippen molar-refractivity contribution in [1.82, 2.24) is 15.1 Å². The van der Waals surface area contributed by atoms with Gasteiger partial charge in [0.05, 0.1) is 0 Å². The van der Waals surface area contributed by atoms with Crippen molar-refractivity contribution in [3.8, 4) is 0 Å². The Morgan fingerprint density at radius 1 is 1.07 bits per heavy atom. The predicted octanol–water partition coefficient (Wildman–Crippen LogP) is 3.43. The number of carbonyl (C=O) groups is 2. The molecule has 0 radical (unpaired) electrons. The minimum Gasteiger partial charge on any atom is -0.356 e. The molecule has 0 aromatic carbocycles. The number of likely N-dealkylation sites (tertiary alicyclic amines) is 1. The fourth-order valence-corrected chi connectivity index (χ4v) is 6.26. The Morgan fingerprint density at radius 2 is 1.83 bits per heavy atom. The van der Waals surface area contributed by atoms with Crippen LogP contribution in [0.3, 0.4) is 0 Å². The van der Waals surface area contributed by atoms with Crippen LogP contribution in [0, 0.1) is 23.7 Å². The van der Waals surface area contributed by atoms with E-state index in [9.17, 15) is 9.59 Å². The number of piperidine rings is 3. The van der Waals surface area contributed by atoms with Crippen LogP contribution < -0.4 is 5.32 Å². The van der Waals surface area contributed by atoms with Gasteiger partial charge in [-0.25, -0.2) is 0 Å². The highest BCUT2D eigenvalue weighted by atomic mass is 16.2. The molecular weight excluding hydrogens is 362 g/mol. The molecule has 2 amide bonds. The van der Waals surface area contributed by atoms with E-state index in [1.807, 2.05) is 0 Å². The Kier molecular flexibility index (Phi) is 6.83. The Morgan fingerprint density at radius 3 is 2.55 bits per heavy atom. The molecule has 0 spiro atoms. The maximum atomic E-state index is 13.2. The summed E-state index contributed by atoms with van der Waals surface area (Å²) in [6, 6.07) is 1.01. The molecule has 0 bridgehead atoms. The molecule has 4 fully saturated rings. The molecule has 29 heavy (non-hydrogen) atoms. The van der Waals surface area contributed by atoms with Crippen LogP contribution >= 0.6 is 0 Å². The summed E-state index contributed by atoms with van der Waals surface area (Å²) >= 11 is 0. The van der Waals surface area contributed by atoms with Gasteiger partial charge in [-0.1, -0.05) is 13.8 Å². The number of carbonyl (C=O) groups excluding carboxylic acids is 2. The maximum absolute atomic E-state index is 13.2. The van der Waals surface area contributed by atoms with Crippen LogP contribution in [0.1, 0.15) is 78.1 Å². The average Bonchev–Trinajstić information content (AvgIpc) is 3.52. The molecule has 3 saturated heterocycles. The van der Waals surface area contributed by atoms with Gasteiger partial charge in [0.2, 0.25) is 11.8 Å². The van der Waals surface area contributed by atoms with Crippen LogP contribution in [-0.2, 0) is 9.59 Å². The van der Waals surface area contributed by atoms with E-state index >= 15 is 0 Å². The number of amides is 2. The lowest BCUT2D eigenvalue weighted by atomic mass is 9.69. The molecule has 5 nitrogen and oxygen atoms in total. The highest BCUT2D eigenvalue weighted by Gasteiger charge is 2.49. The smallest absolute Gasteiger partial charge is 0.223 e. The number of nitrogens with zero attached hydrogens (tertiary/aromatic N) is 2. The summed E-state index contributed by atoms with van der Waals surface area (Å²) in [6.45, 7) is 8.59. The van der Waals surface area contributed by atoms with Crippen molar-refractivity contribution < 1.29 is 9.59 Å². The highest BCUT2D eigenvalue weighted by Crippen LogP contribution is 2.43. The average molecular weight is 404 g/mol. The second-order valence-electron chi connectivity index (χ2n) is 10.6. The Labute approximate surface area is 177 Å². The molecule has 164 valence electrons. The molecule has 4 atom stereocenters. The Balaban J connectivity index is 1.40. The summed E-state index contributed by atoms with van der Waals surface area (Å²) in [5, 5.41) is 3.10. The van der Waals surface area contributed by atoms with Gasteiger partial charge in [-0.3, -0.25) is 14.5 Å². The van der Waals surface area contributed by atoms with Crippen molar-refractivity contribution in [3.05, 3.63) is 0 Å². The quantitative estimate of drug-likeness (QED) is 0.675. The van der Waals surface area contributed by atoms with E-state index in [1.165, 1.54) is 51.6 Å². The Bertz CT molecular complexity index is 587. The second kappa shape index (κ2) is 9.36. The zero-order valence-electron chi connectivity index (χ0n) is 18.6. The van der Waals surface area contributed by atoms with E-state index in [4.69, 9.17) is 0 Å². The van der Waals surface area contributed by atoms with Gasteiger partial charge in [0.1, 0.15) is 0 Å². The molecule has 4 aliphatic rings. The summed E-state index contributed by atoms with van der Waals surface area (Å²) in [7, 11) is 0. The van der Waals surface area contributed by atoms with Gasteiger partial charge in [-0.15, -0.1) is 0 Å². The molecular formula is C24H41N3O2. The largest absolute Gasteiger partial charge is 0.356 e. The van der Waals surface area contributed by atoms with Gasteiger partial charge in [-0.2, -0.15) is 0 Å². The van der Waals surface area contributed by atoms with Crippen LogP contribution in [0.15, 0.2) is 0 Å². The normalized spacial score (nSPS) is 32.2. The molecule has 3 aliphatic heterocycles. The van der Waals surface area contributed by atoms with E-state index in [-0.39, 0.29) is 5.91 Å². The van der Waals surface area contributed by atoms with Crippen LogP contribution in [-0.4, -0.2) is 59.9 Å². The molecule has 0 unspecified atom stereocenters. The van der Waals surface area contributed by atoms with Crippen LogP contribution in [0.5, 0.6) is 0 Å². The zero-order chi connectivity index (χ0) is 20.4. The molecule has 1 N–H and O–H groups in total. The van der Waals surface area contributed by atoms with E-state index in [2.05, 4.69) is 29.0 Å². The monoisotopic (exact) mass is 403 g/mol. The van der Waals surface area contributed by atoms with Gasteiger partial charge in [0.25, 0.3) is 0 Å². The number of hydrogen-bond donors (Lipinski definition) is 1. The minimum atomic E-state index is 0.202. The number of rotatable bonds is 8. The zero-order valence-corrected chi connectivity index (χ0v) is 18.6. The topological polar surface area (TPSA) is 52.7 Å². The lowest BCUT2D eigenvalue weighted by Crippen LogP contribution is -2.65. The van der Waals surface area contributed by atoms with Crippen LogP contribution in [0.2, 0.25) is 0 Å². The molecule has 1 saturated carbocycles. The maximum Gasteiger partial charge on any atom is 0.223 e. The SMILES string of the molecule is CC(C)CC(=O)N1C[C@@H]2CCCN3CCC[C@@H]([C@H]23)[C@H]1CCCC(=O)NCC1CC1. The van der Waals surface area contributed by atoms with Crippen LogP contribution in [0.25, 0.3) is 0 Å². The first-order valence-corrected chi connectivity index (χ1v) is 12.3. The Hall–Kier alpha value is -1.10. The van der Waals surface area contributed by atoms with E-state index in [0.29, 0.717) is 48.6 Å². The molecule has 4 rings (SSSR count). The summed E-state index contributed by atoms with van der Waals surface area (Å²) in [5.74, 6) is 2.95. The summed E-state index contributed by atoms with van der Waals surface area (Å²) in [4.78, 5) is 30.4. The molecule has 0 aromatic heterocycles. The van der Waals surface area contributed by atoms with Crippen molar-refractivity contribution in [2.24, 2.45) is 23.7 Å². The molecule has 0 aromatic rings. The standard InChI is InChI=1S/C24H41N3O2/c1-17(2)14-23(29)27-16-19-6-4-12-26-13-5-7-20(24(19)26)21(27)8-3-9-22(28)25-15-18-10-11-18/h17-21,24H,3-16H2,1-2H3,(H,25,28)/t19-,20+,21+,24-/m0/s1. The third-order valence-electron chi connectivity index (χ3n) is 7.76. The fraction of sp³-hybridized carbons (Fsp3) is 0.917. The van der Waals surface area contributed by atoms with Crippen molar-refractivity contribution in [2.75, 3.05) is 26.2 Å². The number of nitrogens with one attached hydrogen (secondary N) is 1.